The fourth-order valence-electron chi connectivity index (χ4n) is 2.72. The average Bonchev–Trinajstić information content (AvgIpc) is 2.93. The van der Waals surface area contributed by atoms with Gasteiger partial charge in [-0.25, -0.2) is 0 Å². The predicted octanol–water partition coefficient (Wildman–Crippen LogP) is 4.05. The third-order valence-corrected chi connectivity index (χ3v) is 3.73. The summed E-state index contributed by atoms with van der Waals surface area (Å²) in [5, 5.41) is 0.930. The molecule has 1 heterocycles. The van der Waals surface area contributed by atoms with E-state index in [1.807, 2.05) is 42.5 Å². The number of benzene rings is 2. The number of hydrogen-bond acceptors (Lipinski definition) is 3. The van der Waals surface area contributed by atoms with Crippen LogP contribution in [0.4, 0.5) is 0 Å². The molecule has 0 saturated carbocycles. The van der Waals surface area contributed by atoms with Gasteiger partial charge in [0.15, 0.2) is 17.3 Å². The molecule has 0 fully saturated rings. The van der Waals surface area contributed by atoms with Crippen LogP contribution in [0.15, 0.2) is 42.5 Å². The van der Waals surface area contributed by atoms with Crippen LogP contribution in [-0.2, 0) is 0 Å². The molecule has 3 rings (SSSR count). The molecule has 22 heavy (non-hydrogen) atoms. The number of aromatic nitrogens is 1. The first-order chi connectivity index (χ1) is 10.7. The highest BCUT2D eigenvalue weighted by Crippen LogP contribution is 2.36. The molecule has 4 nitrogen and oxygen atoms in total. The fourth-order valence-corrected chi connectivity index (χ4v) is 2.72. The number of aromatic amines is 1. The Morgan fingerprint density at radius 3 is 2.41 bits per heavy atom. The molecule has 112 valence electrons. The van der Waals surface area contributed by atoms with Crippen LogP contribution >= 0.6 is 0 Å². The Morgan fingerprint density at radius 2 is 1.73 bits per heavy atom. The zero-order valence-corrected chi connectivity index (χ0v) is 12.8. The quantitative estimate of drug-likeness (QED) is 0.739. The molecule has 2 aromatic carbocycles. The molecule has 0 aliphatic heterocycles. The van der Waals surface area contributed by atoms with Crippen LogP contribution in [0.25, 0.3) is 22.2 Å². The lowest BCUT2D eigenvalue weighted by atomic mass is 10.0. The molecule has 0 saturated heterocycles. The number of H-pyrrole nitrogens is 1. The van der Waals surface area contributed by atoms with E-state index in [1.165, 1.54) is 0 Å². The highest BCUT2D eigenvalue weighted by Gasteiger charge is 2.17. The Kier molecular flexibility index (Phi) is 3.59. The van der Waals surface area contributed by atoms with Gasteiger partial charge in [0.05, 0.1) is 25.5 Å². The van der Waals surface area contributed by atoms with Gasteiger partial charge in [-0.2, -0.15) is 0 Å². The molecule has 0 amide bonds. The number of fused-ring (bicyclic) bond motifs is 1. The molecule has 0 spiro atoms. The maximum Gasteiger partial charge on any atom is 0.162 e. The second-order valence-corrected chi connectivity index (χ2v) is 5.05. The molecular formula is C18H17NO3. The summed E-state index contributed by atoms with van der Waals surface area (Å²) in [6.45, 7) is 1.58. The monoisotopic (exact) mass is 295 g/mol. The second kappa shape index (κ2) is 5.56. The van der Waals surface area contributed by atoms with Crippen molar-refractivity contribution < 1.29 is 14.3 Å². The standard InChI is InChI=1S/C18H17NO3/c1-11(20)17-13-6-4-5-7-14(13)19-18(17)12-8-9-15(21-2)16(10-12)22-3/h4-10,19H,1-3H3. The molecule has 0 bridgehead atoms. The zero-order valence-electron chi connectivity index (χ0n) is 12.8. The van der Waals surface area contributed by atoms with Crippen LogP contribution in [0, 0.1) is 0 Å². The van der Waals surface area contributed by atoms with E-state index >= 15 is 0 Å². The molecule has 0 unspecified atom stereocenters. The lowest BCUT2D eigenvalue weighted by molar-refractivity contribution is 0.102. The lowest BCUT2D eigenvalue weighted by Gasteiger charge is -2.09. The fraction of sp³-hybridized carbons (Fsp3) is 0.167. The number of carbonyl (C=O) groups excluding carboxylic acids is 1. The minimum Gasteiger partial charge on any atom is -0.493 e. The Bertz CT molecular complexity index is 849. The van der Waals surface area contributed by atoms with E-state index in [0.717, 1.165) is 22.2 Å². The van der Waals surface area contributed by atoms with Crippen LogP contribution in [-0.4, -0.2) is 25.0 Å². The smallest absolute Gasteiger partial charge is 0.162 e. The predicted molar refractivity (Wildman–Crippen MR) is 86.8 cm³/mol. The van der Waals surface area contributed by atoms with Gasteiger partial charge >= 0.3 is 0 Å². The first-order valence-corrected chi connectivity index (χ1v) is 6.99. The number of hydrogen-bond donors (Lipinski definition) is 1. The van der Waals surface area contributed by atoms with Gasteiger partial charge in [-0.1, -0.05) is 18.2 Å². The van der Waals surface area contributed by atoms with Gasteiger partial charge in [-0.3, -0.25) is 4.79 Å². The molecule has 1 aromatic heterocycles. The molecule has 1 N–H and O–H groups in total. The Balaban J connectivity index is 2.26. The lowest BCUT2D eigenvalue weighted by Crippen LogP contribution is -1.95. The maximum absolute atomic E-state index is 12.1. The number of Topliss-reactive ketones (excluding diaryl/α,β-unsaturated/α-hetero) is 1. The summed E-state index contributed by atoms with van der Waals surface area (Å²) in [6, 6.07) is 13.4. The van der Waals surface area contributed by atoms with Gasteiger partial charge in [0.1, 0.15) is 0 Å². The normalized spacial score (nSPS) is 10.7. The second-order valence-electron chi connectivity index (χ2n) is 5.05. The van der Waals surface area contributed by atoms with Crippen LogP contribution in [0.2, 0.25) is 0 Å². The minimum absolute atomic E-state index is 0.0298. The average molecular weight is 295 g/mol. The number of ketones is 1. The zero-order chi connectivity index (χ0) is 15.7. The molecule has 0 aliphatic carbocycles. The topological polar surface area (TPSA) is 51.3 Å². The van der Waals surface area contributed by atoms with E-state index in [-0.39, 0.29) is 5.78 Å². The molecule has 0 aliphatic rings. The van der Waals surface area contributed by atoms with Gasteiger partial charge in [0.25, 0.3) is 0 Å². The minimum atomic E-state index is 0.0298. The van der Waals surface area contributed by atoms with Crippen LogP contribution in [0.5, 0.6) is 11.5 Å². The molecular weight excluding hydrogens is 278 g/mol. The summed E-state index contributed by atoms with van der Waals surface area (Å²) in [7, 11) is 3.19. The number of para-hydroxylation sites is 1. The Hall–Kier alpha value is -2.75. The van der Waals surface area contributed by atoms with Crippen molar-refractivity contribution in [1.29, 1.82) is 0 Å². The van der Waals surface area contributed by atoms with E-state index in [1.54, 1.807) is 21.1 Å². The first-order valence-electron chi connectivity index (χ1n) is 6.99. The van der Waals surface area contributed by atoms with Gasteiger partial charge in [0, 0.05) is 16.5 Å². The largest absolute Gasteiger partial charge is 0.493 e. The van der Waals surface area contributed by atoms with Crippen molar-refractivity contribution in [2.24, 2.45) is 0 Å². The third-order valence-electron chi connectivity index (χ3n) is 3.73. The van der Waals surface area contributed by atoms with Crippen LogP contribution < -0.4 is 9.47 Å². The van der Waals surface area contributed by atoms with Crippen LogP contribution in [0.1, 0.15) is 17.3 Å². The molecule has 0 atom stereocenters. The summed E-state index contributed by atoms with van der Waals surface area (Å²) in [6.07, 6.45) is 0. The van der Waals surface area contributed by atoms with E-state index < -0.39 is 0 Å². The molecule has 4 heteroatoms. The van der Waals surface area contributed by atoms with Crippen LogP contribution in [0.3, 0.4) is 0 Å². The summed E-state index contributed by atoms with van der Waals surface area (Å²) in [5.41, 5.74) is 3.33. The van der Waals surface area contributed by atoms with Crippen molar-refractivity contribution in [2.45, 2.75) is 6.92 Å². The summed E-state index contributed by atoms with van der Waals surface area (Å²) in [5.74, 6) is 1.32. The number of nitrogens with one attached hydrogen (secondary N) is 1. The van der Waals surface area contributed by atoms with Gasteiger partial charge in [0.2, 0.25) is 0 Å². The van der Waals surface area contributed by atoms with Crippen molar-refractivity contribution in [1.82, 2.24) is 4.98 Å². The Morgan fingerprint density at radius 1 is 1.00 bits per heavy atom. The first kappa shape index (κ1) is 14.2. The van der Waals surface area contributed by atoms with Crippen molar-refractivity contribution >= 4 is 16.7 Å². The van der Waals surface area contributed by atoms with E-state index in [2.05, 4.69) is 4.98 Å². The summed E-state index contributed by atoms with van der Waals surface area (Å²) in [4.78, 5) is 15.4. The molecule has 3 aromatic rings. The highest BCUT2D eigenvalue weighted by atomic mass is 16.5. The van der Waals surface area contributed by atoms with Crippen molar-refractivity contribution in [3.8, 4) is 22.8 Å². The van der Waals surface area contributed by atoms with E-state index in [0.29, 0.717) is 17.1 Å². The van der Waals surface area contributed by atoms with Crippen molar-refractivity contribution in [3.05, 3.63) is 48.0 Å². The van der Waals surface area contributed by atoms with E-state index in [9.17, 15) is 4.79 Å². The number of rotatable bonds is 4. The summed E-state index contributed by atoms with van der Waals surface area (Å²) >= 11 is 0. The summed E-state index contributed by atoms with van der Waals surface area (Å²) < 4.78 is 10.6. The maximum atomic E-state index is 12.1. The number of carbonyl (C=O) groups is 1. The van der Waals surface area contributed by atoms with Gasteiger partial charge in [-0.05, 0) is 31.2 Å². The van der Waals surface area contributed by atoms with Gasteiger partial charge in [-0.15, -0.1) is 0 Å². The van der Waals surface area contributed by atoms with Crippen molar-refractivity contribution in [3.63, 3.8) is 0 Å². The van der Waals surface area contributed by atoms with E-state index in [4.69, 9.17) is 9.47 Å². The third kappa shape index (κ3) is 2.22. The number of ether oxygens (including phenoxy) is 2. The highest BCUT2D eigenvalue weighted by molar-refractivity contribution is 6.12. The van der Waals surface area contributed by atoms with Gasteiger partial charge < -0.3 is 14.5 Å². The SMILES string of the molecule is COc1ccc(-c2[nH]c3ccccc3c2C(C)=O)cc1OC. The Labute approximate surface area is 128 Å². The molecule has 0 radical (unpaired) electrons. The number of methoxy groups -OCH3 is 2. The van der Waals surface area contributed by atoms with Crippen molar-refractivity contribution in [2.75, 3.05) is 14.2 Å².